The standard InChI is InChI=1S/C22H23ClN2O4S2/c1-31(27,28)25(15-17-4-8-19(23)9-5-17)20-10-6-18(7-11-20)22(26)24-12-14-30-16-21-3-2-13-29-21/h2-11,13H,12,14-16H2,1H3,(H,24,26). The van der Waals surface area contributed by atoms with Crippen LogP contribution in [0.2, 0.25) is 5.02 Å². The van der Waals surface area contributed by atoms with Gasteiger partial charge in [-0.3, -0.25) is 9.10 Å². The van der Waals surface area contributed by atoms with Crippen LogP contribution < -0.4 is 9.62 Å². The van der Waals surface area contributed by atoms with Crippen LogP contribution in [0.3, 0.4) is 0 Å². The van der Waals surface area contributed by atoms with E-state index < -0.39 is 10.0 Å². The molecule has 1 N–H and O–H groups in total. The smallest absolute Gasteiger partial charge is 0.251 e. The molecule has 1 aromatic heterocycles. The van der Waals surface area contributed by atoms with E-state index in [1.54, 1.807) is 66.6 Å². The number of halogens is 1. The number of anilines is 1. The van der Waals surface area contributed by atoms with Crippen LogP contribution in [0.5, 0.6) is 0 Å². The molecule has 0 saturated carbocycles. The largest absolute Gasteiger partial charge is 0.468 e. The van der Waals surface area contributed by atoms with Gasteiger partial charge in [-0.25, -0.2) is 8.42 Å². The third-order valence-electron chi connectivity index (χ3n) is 4.41. The predicted molar refractivity (Wildman–Crippen MR) is 126 cm³/mol. The zero-order valence-corrected chi connectivity index (χ0v) is 19.3. The summed E-state index contributed by atoms with van der Waals surface area (Å²) in [4.78, 5) is 12.4. The highest BCUT2D eigenvalue weighted by Gasteiger charge is 2.18. The monoisotopic (exact) mass is 478 g/mol. The van der Waals surface area contributed by atoms with Crippen molar-refractivity contribution in [2.75, 3.05) is 22.9 Å². The molecule has 0 aliphatic rings. The summed E-state index contributed by atoms with van der Waals surface area (Å²) in [6, 6.07) is 17.3. The Bertz CT molecular complexity index is 1080. The van der Waals surface area contributed by atoms with Gasteiger partial charge in [0.1, 0.15) is 5.76 Å². The topological polar surface area (TPSA) is 79.6 Å². The average Bonchev–Trinajstić information content (AvgIpc) is 3.26. The second-order valence-electron chi connectivity index (χ2n) is 6.83. The van der Waals surface area contributed by atoms with Crippen molar-refractivity contribution < 1.29 is 17.6 Å². The maximum Gasteiger partial charge on any atom is 0.251 e. The fourth-order valence-electron chi connectivity index (χ4n) is 2.84. The second kappa shape index (κ2) is 10.7. The first-order chi connectivity index (χ1) is 14.8. The van der Waals surface area contributed by atoms with Crippen molar-refractivity contribution in [2.24, 2.45) is 0 Å². The Morgan fingerprint density at radius 3 is 2.42 bits per heavy atom. The van der Waals surface area contributed by atoms with Gasteiger partial charge in [0.25, 0.3) is 5.91 Å². The summed E-state index contributed by atoms with van der Waals surface area (Å²) in [5.41, 5.74) is 1.77. The van der Waals surface area contributed by atoms with Crippen LogP contribution in [-0.4, -0.2) is 32.9 Å². The van der Waals surface area contributed by atoms with Crippen molar-refractivity contribution in [2.45, 2.75) is 12.3 Å². The Hall–Kier alpha value is -2.42. The Morgan fingerprint density at radius 2 is 1.81 bits per heavy atom. The number of nitrogens with one attached hydrogen (secondary N) is 1. The summed E-state index contributed by atoms with van der Waals surface area (Å²) in [5, 5.41) is 3.46. The van der Waals surface area contributed by atoms with Gasteiger partial charge in [-0.15, -0.1) is 0 Å². The normalized spacial score (nSPS) is 11.3. The minimum absolute atomic E-state index is 0.175. The molecule has 164 valence electrons. The number of rotatable bonds is 10. The first-order valence-electron chi connectivity index (χ1n) is 9.53. The minimum atomic E-state index is -3.51. The van der Waals surface area contributed by atoms with E-state index in [1.165, 1.54) is 4.31 Å². The highest BCUT2D eigenvalue weighted by Crippen LogP contribution is 2.22. The SMILES string of the molecule is CS(=O)(=O)N(Cc1ccc(Cl)cc1)c1ccc(C(=O)NCCSCc2ccco2)cc1. The third-order valence-corrected chi connectivity index (χ3v) is 6.79. The van der Waals surface area contributed by atoms with E-state index in [-0.39, 0.29) is 12.5 Å². The number of amides is 1. The zero-order valence-electron chi connectivity index (χ0n) is 17.0. The van der Waals surface area contributed by atoms with E-state index in [1.807, 2.05) is 12.1 Å². The zero-order chi connectivity index (χ0) is 22.3. The number of furan rings is 1. The first-order valence-corrected chi connectivity index (χ1v) is 12.9. The molecule has 0 unspecified atom stereocenters. The molecule has 0 saturated heterocycles. The number of sulfonamides is 1. The summed E-state index contributed by atoms with van der Waals surface area (Å²) >= 11 is 7.57. The van der Waals surface area contributed by atoms with Gasteiger partial charge in [-0.1, -0.05) is 23.7 Å². The van der Waals surface area contributed by atoms with E-state index in [2.05, 4.69) is 5.32 Å². The quantitative estimate of drug-likeness (QED) is 0.432. The number of nitrogens with zero attached hydrogens (tertiary/aromatic N) is 1. The van der Waals surface area contributed by atoms with E-state index >= 15 is 0 Å². The maximum atomic E-state index is 12.4. The lowest BCUT2D eigenvalue weighted by Gasteiger charge is -2.22. The van der Waals surface area contributed by atoms with E-state index in [0.29, 0.717) is 22.8 Å². The van der Waals surface area contributed by atoms with Crippen molar-refractivity contribution in [3.8, 4) is 0 Å². The summed E-state index contributed by atoms with van der Waals surface area (Å²) in [7, 11) is -3.51. The van der Waals surface area contributed by atoms with Gasteiger partial charge in [0.2, 0.25) is 10.0 Å². The van der Waals surface area contributed by atoms with Gasteiger partial charge >= 0.3 is 0 Å². The molecule has 0 aliphatic carbocycles. The molecule has 0 atom stereocenters. The first kappa shape index (κ1) is 23.2. The van der Waals surface area contributed by atoms with Crippen molar-refractivity contribution in [3.05, 3.63) is 88.8 Å². The van der Waals surface area contributed by atoms with Crippen molar-refractivity contribution in [1.29, 1.82) is 0 Å². The molecule has 3 rings (SSSR count). The molecule has 0 spiro atoms. The molecule has 6 nitrogen and oxygen atoms in total. The summed E-state index contributed by atoms with van der Waals surface area (Å²) < 4.78 is 31.2. The van der Waals surface area contributed by atoms with Crippen molar-refractivity contribution in [1.82, 2.24) is 5.32 Å². The summed E-state index contributed by atoms with van der Waals surface area (Å²) in [5.74, 6) is 2.22. The molecule has 1 heterocycles. The lowest BCUT2D eigenvalue weighted by atomic mass is 10.2. The van der Waals surface area contributed by atoms with Crippen LogP contribution in [0.25, 0.3) is 0 Å². The molecular weight excluding hydrogens is 456 g/mol. The number of carbonyl (C=O) groups excluding carboxylic acids is 1. The van der Waals surface area contributed by atoms with Crippen LogP contribution in [0.4, 0.5) is 5.69 Å². The number of hydrogen-bond acceptors (Lipinski definition) is 5. The van der Waals surface area contributed by atoms with E-state index in [9.17, 15) is 13.2 Å². The van der Waals surface area contributed by atoms with Crippen molar-refractivity contribution in [3.63, 3.8) is 0 Å². The Labute approximate surface area is 191 Å². The molecule has 0 aliphatic heterocycles. The van der Waals surface area contributed by atoms with Crippen molar-refractivity contribution >= 4 is 45.0 Å². The Kier molecular flexibility index (Phi) is 8.06. The molecular formula is C22H23ClN2O4S2. The van der Waals surface area contributed by atoms with Crippen LogP contribution in [0.1, 0.15) is 21.7 Å². The third kappa shape index (κ3) is 7.05. The summed E-state index contributed by atoms with van der Waals surface area (Å²) in [6.07, 6.45) is 2.80. The van der Waals surface area contributed by atoms with Crippen LogP contribution in [0, 0.1) is 0 Å². The number of benzene rings is 2. The van der Waals surface area contributed by atoms with Gasteiger partial charge < -0.3 is 9.73 Å². The Balaban J connectivity index is 1.57. The van der Waals surface area contributed by atoms with Crippen LogP contribution >= 0.6 is 23.4 Å². The van der Waals surface area contributed by atoms with Gasteiger partial charge in [-0.05, 0) is 54.1 Å². The summed E-state index contributed by atoms with van der Waals surface area (Å²) in [6.45, 7) is 0.701. The molecule has 2 aromatic carbocycles. The number of carbonyl (C=O) groups is 1. The van der Waals surface area contributed by atoms with Crippen LogP contribution in [-0.2, 0) is 22.3 Å². The molecule has 9 heteroatoms. The van der Waals surface area contributed by atoms with Gasteiger partial charge in [0.15, 0.2) is 0 Å². The van der Waals surface area contributed by atoms with Gasteiger partial charge in [-0.2, -0.15) is 11.8 Å². The molecule has 0 radical (unpaired) electrons. The fraction of sp³-hybridized carbons (Fsp3) is 0.227. The van der Waals surface area contributed by atoms with Crippen LogP contribution in [0.15, 0.2) is 71.3 Å². The molecule has 1 amide bonds. The highest BCUT2D eigenvalue weighted by molar-refractivity contribution is 7.98. The molecule has 3 aromatic rings. The maximum absolute atomic E-state index is 12.4. The lowest BCUT2D eigenvalue weighted by Crippen LogP contribution is -2.29. The molecule has 31 heavy (non-hydrogen) atoms. The Morgan fingerprint density at radius 1 is 1.10 bits per heavy atom. The highest BCUT2D eigenvalue weighted by atomic mass is 35.5. The van der Waals surface area contributed by atoms with E-state index in [4.69, 9.17) is 16.0 Å². The van der Waals surface area contributed by atoms with Gasteiger partial charge in [0, 0.05) is 22.9 Å². The number of thioether (sulfide) groups is 1. The number of hydrogen-bond donors (Lipinski definition) is 1. The minimum Gasteiger partial charge on any atom is -0.468 e. The van der Waals surface area contributed by atoms with E-state index in [0.717, 1.165) is 29.1 Å². The fourth-order valence-corrected chi connectivity index (χ4v) is 4.61. The van der Waals surface area contributed by atoms with Gasteiger partial charge in [0.05, 0.1) is 30.5 Å². The predicted octanol–water partition coefficient (Wildman–Crippen LogP) is 4.56. The lowest BCUT2D eigenvalue weighted by molar-refractivity contribution is 0.0956. The second-order valence-corrected chi connectivity index (χ2v) is 10.3. The molecule has 0 fully saturated rings. The molecule has 0 bridgehead atoms. The average molecular weight is 479 g/mol.